The molecule has 0 spiro atoms. The molecule has 29 heavy (non-hydrogen) atoms. The fourth-order valence-corrected chi connectivity index (χ4v) is 3.16. The highest BCUT2D eigenvalue weighted by molar-refractivity contribution is 6.39. The van der Waals surface area contributed by atoms with Crippen molar-refractivity contribution in [3.8, 4) is 5.69 Å². The molecule has 3 aromatic rings. The van der Waals surface area contributed by atoms with Crippen LogP contribution < -0.4 is 10.2 Å². The van der Waals surface area contributed by atoms with Crippen LogP contribution in [0.15, 0.2) is 66.6 Å². The normalized spacial score (nSPS) is 15.7. The van der Waals surface area contributed by atoms with Gasteiger partial charge in [-0.05, 0) is 67.4 Å². The molecule has 1 aliphatic heterocycles. The van der Waals surface area contributed by atoms with Crippen LogP contribution in [0.4, 0.5) is 10.5 Å². The van der Waals surface area contributed by atoms with E-state index in [-0.39, 0.29) is 5.57 Å². The Kier molecular flexibility index (Phi) is 4.56. The lowest BCUT2D eigenvalue weighted by atomic mass is 10.1. The first-order valence-corrected chi connectivity index (χ1v) is 9.02. The minimum absolute atomic E-state index is 0.120. The summed E-state index contributed by atoms with van der Waals surface area (Å²) in [4.78, 5) is 42.4. The van der Waals surface area contributed by atoms with Gasteiger partial charge in [0, 0.05) is 30.0 Å². The third kappa shape index (κ3) is 3.34. The van der Waals surface area contributed by atoms with Gasteiger partial charge < -0.3 is 4.57 Å². The second-order valence-electron chi connectivity index (χ2n) is 6.73. The van der Waals surface area contributed by atoms with Crippen molar-refractivity contribution in [2.24, 2.45) is 0 Å². The summed E-state index contributed by atoms with van der Waals surface area (Å²) in [5, 5.41) is 2.23. The van der Waals surface area contributed by atoms with Crippen LogP contribution in [0.25, 0.3) is 11.8 Å². The van der Waals surface area contributed by atoms with Gasteiger partial charge >= 0.3 is 6.03 Å². The summed E-state index contributed by atoms with van der Waals surface area (Å²) in [6.45, 7) is 4.06. The average molecular weight is 386 g/mol. The highest BCUT2D eigenvalue weighted by Gasteiger charge is 2.36. The number of barbiturate groups is 1. The summed E-state index contributed by atoms with van der Waals surface area (Å²) >= 11 is 0. The Bertz CT molecular complexity index is 1160. The van der Waals surface area contributed by atoms with Gasteiger partial charge in [0.1, 0.15) is 5.57 Å². The van der Waals surface area contributed by atoms with Gasteiger partial charge in [-0.25, -0.2) is 9.69 Å². The predicted molar refractivity (Wildman–Crippen MR) is 108 cm³/mol. The molecule has 0 atom stereocenters. The highest BCUT2D eigenvalue weighted by atomic mass is 16.2. The molecule has 1 N–H and O–H groups in total. The summed E-state index contributed by atoms with van der Waals surface area (Å²) in [6.07, 6.45) is 6.29. The molecule has 0 aliphatic carbocycles. The van der Waals surface area contributed by atoms with Crippen LogP contribution in [0.3, 0.4) is 0 Å². The van der Waals surface area contributed by atoms with Crippen LogP contribution in [0, 0.1) is 13.8 Å². The van der Waals surface area contributed by atoms with E-state index in [1.807, 2.05) is 48.9 Å². The molecule has 0 bridgehead atoms. The number of pyridine rings is 1. The average Bonchev–Trinajstić information content (AvgIpc) is 3.16. The smallest absolute Gasteiger partial charge is 0.317 e. The highest BCUT2D eigenvalue weighted by Crippen LogP contribution is 2.23. The van der Waals surface area contributed by atoms with E-state index in [1.165, 1.54) is 36.2 Å². The van der Waals surface area contributed by atoms with Gasteiger partial charge in [-0.2, -0.15) is 0 Å². The maximum atomic E-state index is 13.0. The number of hydrogen-bond donors (Lipinski definition) is 1. The molecular formula is C22H18N4O3. The Morgan fingerprint density at radius 2 is 1.69 bits per heavy atom. The molecule has 4 amide bonds. The number of nitrogens with zero attached hydrogens (tertiary/aromatic N) is 3. The molecule has 0 unspecified atom stereocenters. The van der Waals surface area contributed by atoms with Gasteiger partial charge in [-0.15, -0.1) is 0 Å². The Balaban J connectivity index is 1.75. The molecule has 4 rings (SSSR count). The number of carbonyl (C=O) groups is 3. The summed E-state index contributed by atoms with van der Waals surface area (Å²) < 4.78 is 1.88. The van der Waals surface area contributed by atoms with E-state index < -0.39 is 17.8 Å². The maximum absolute atomic E-state index is 13.0. The van der Waals surface area contributed by atoms with E-state index in [9.17, 15) is 14.4 Å². The van der Waals surface area contributed by atoms with Crippen LogP contribution in [-0.4, -0.2) is 27.4 Å². The lowest BCUT2D eigenvalue weighted by Crippen LogP contribution is -2.54. The van der Waals surface area contributed by atoms with Crippen molar-refractivity contribution in [3.63, 3.8) is 0 Å². The Hall–Kier alpha value is -4.00. The van der Waals surface area contributed by atoms with Crippen molar-refractivity contribution >= 4 is 29.6 Å². The number of rotatable bonds is 3. The topological polar surface area (TPSA) is 84.3 Å². The third-order valence-corrected chi connectivity index (χ3v) is 4.86. The molecule has 0 radical (unpaired) electrons. The maximum Gasteiger partial charge on any atom is 0.335 e. The van der Waals surface area contributed by atoms with Gasteiger partial charge in [0.15, 0.2) is 0 Å². The fourth-order valence-electron chi connectivity index (χ4n) is 3.16. The van der Waals surface area contributed by atoms with Crippen LogP contribution in [0.2, 0.25) is 0 Å². The minimum Gasteiger partial charge on any atom is -0.317 e. The second-order valence-corrected chi connectivity index (χ2v) is 6.73. The van der Waals surface area contributed by atoms with Gasteiger partial charge in [-0.1, -0.05) is 6.07 Å². The summed E-state index contributed by atoms with van der Waals surface area (Å²) in [7, 11) is 0. The molecule has 7 heteroatoms. The first kappa shape index (κ1) is 18.4. The predicted octanol–water partition coefficient (Wildman–Crippen LogP) is 3.16. The summed E-state index contributed by atoms with van der Waals surface area (Å²) in [5.41, 5.74) is 4.09. The first-order chi connectivity index (χ1) is 14.0. The zero-order valence-electron chi connectivity index (χ0n) is 15.9. The number of urea groups is 1. The molecule has 1 saturated heterocycles. The summed E-state index contributed by atoms with van der Waals surface area (Å²) in [5.74, 6) is -1.41. The number of anilines is 1. The van der Waals surface area contributed by atoms with Crippen molar-refractivity contribution in [2.75, 3.05) is 4.90 Å². The molecule has 1 aliphatic rings. The largest absolute Gasteiger partial charge is 0.335 e. The number of aromatic nitrogens is 2. The molecule has 3 heterocycles. The van der Waals surface area contributed by atoms with Crippen LogP contribution >= 0.6 is 0 Å². The SMILES string of the molecule is Cc1ccc(-n2cccc2/C=C2\C(=O)NC(=O)N(c3ccncc3)C2=O)cc1C. The van der Waals surface area contributed by atoms with Crippen molar-refractivity contribution in [1.29, 1.82) is 0 Å². The third-order valence-electron chi connectivity index (χ3n) is 4.86. The Morgan fingerprint density at radius 1 is 0.931 bits per heavy atom. The van der Waals surface area contributed by atoms with Crippen molar-refractivity contribution in [1.82, 2.24) is 14.9 Å². The Labute approximate surface area is 167 Å². The van der Waals surface area contributed by atoms with E-state index in [0.717, 1.165) is 16.2 Å². The van der Waals surface area contributed by atoms with Crippen molar-refractivity contribution < 1.29 is 14.4 Å². The minimum atomic E-state index is -0.784. The Morgan fingerprint density at radius 3 is 2.41 bits per heavy atom. The van der Waals surface area contributed by atoms with Gasteiger partial charge in [-0.3, -0.25) is 19.9 Å². The molecule has 1 aromatic carbocycles. The van der Waals surface area contributed by atoms with Crippen molar-refractivity contribution in [3.05, 3.63) is 83.4 Å². The number of benzene rings is 1. The lowest BCUT2D eigenvalue weighted by molar-refractivity contribution is -0.122. The lowest BCUT2D eigenvalue weighted by Gasteiger charge is -2.26. The zero-order valence-corrected chi connectivity index (χ0v) is 15.9. The molecule has 2 aromatic heterocycles. The van der Waals surface area contributed by atoms with E-state index in [1.54, 1.807) is 6.07 Å². The molecule has 7 nitrogen and oxygen atoms in total. The first-order valence-electron chi connectivity index (χ1n) is 9.02. The van der Waals surface area contributed by atoms with E-state index >= 15 is 0 Å². The van der Waals surface area contributed by atoms with E-state index in [0.29, 0.717) is 11.4 Å². The number of imide groups is 2. The number of hydrogen-bond acceptors (Lipinski definition) is 4. The number of aryl methyl sites for hydroxylation is 2. The molecule has 144 valence electrons. The summed E-state index contributed by atoms with van der Waals surface area (Å²) in [6, 6.07) is 11.9. The monoisotopic (exact) mass is 386 g/mol. The fraction of sp³-hybridized carbons (Fsp3) is 0.0909. The quantitative estimate of drug-likeness (QED) is 0.554. The number of amides is 4. The van der Waals surface area contributed by atoms with Gasteiger partial charge in [0.25, 0.3) is 11.8 Å². The van der Waals surface area contributed by atoms with E-state index in [2.05, 4.69) is 10.3 Å². The molecular weight excluding hydrogens is 368 g/mol. The standard InChI is InChI=1S/C22H18N4O3/c1-14-5-6-18(12-15(14)2)25-11-3-4-17(25)13-19-20(27)24-22(29)26(21(19)28)16-7-9-23-10-8-16/h3-13H,1-2H3,(H,24,27,29)/b19-13+. The van der Waals surface area contributed by atoms with Crippen molar-refractivity contribution in [2.45, 2.75) is 13.8 Å². The van der Waals surface area contributed by atoms with Gasteiger partial charge in [0.2, 0.25) is 0 Å². The van der Waals surface area contributed by atoms with Crippen LogP contribution in [0.5, 0.6) is 0 Å². The van der Waals surface area contributed by atoms with Crippen LogP contribution in [0.1, 0.15) is 16.8 Å². The molecule has 0 saturated carbocycles. The zero-order chi connectivity index (χ0) is 20.5. The van der Waals surface area contributed by atoms with E-state index in [4.69, 9.17) is 0 Å². The number of carbonyl (C=O) groups excluding carboxylic acids is 3. The molecule has 1 fully saturated rings. The van der Waals surface area contributed by atoms with Gasteiger partial charge in [0.05, 0.1) is 5.69 Å². The second kappa shape index (κ2) is 7.20. The van der Waals surface area contributed by atoms with Crippen LogP contribution in [-0.2, 0) is 9.59 Å². The number of nitrogens with one attached hydrogen (secondary N) is 1.